The molecule has 0 atom stereocenters. The molecule has 194 valence electrons. The second-order valence-electron chi connectivity index (χ2n) is 10.8. The molecule has 0 saturated carbocycles. The van der Waals surface area contributed by atoms with E-state index >= 15 is 0 Å². The van der Waals surface area contributed by atoms with E-state index in [1.165, 1.54) is 16.9 Å². The van der Waals surface area contributed by atoms with Crippen LogP contribution in [0.2, 0.25) is 0 Å². The Labute approximate surface area is 221 Å². The van der Waals surface area contributed by atoms with Crippen molar-refractivity contribution in [1.29, 1.82) is 0 Å². The fourth-order valence-corrected chi connectivity index (χ4v) is 5.83. The molecule has 2 saturated heterocycles. The van der Waals surface area contributed by atoms with Gasteiger partial charge in [0.05, 0.1) is 0 Å². The van der Waals surface area contributed by atoms with Crippen molar-refractivity contribution < 1.29 is 9.53 Å². The van der Waals surface area contributed by atoms with Gasteiger partial charge in [-0.3, -0.25) is 4.90 Å². The summed E-state index contributed by atoms with van der Waals surface area (Å²) < 4.78 is 5.58. The SMILES string of the molecule is Cc1ccc(N(c2ccccc2)C2CCN(C3(C)CCN(C(=O)OCc4ccccc4)CC3)CC2)cc1. The monoisotopic (exact) mass is 497 g/mol. The summed E-state index contributed by atoms with van der Waals surface area (Å²) >= 11 is 0. The van der Waals surface area contributed by atoms with Crippen molar-refractivity contribution >= 4 is 17.5 Å². The molecule has 2 fully saturated rings. The third-order valence-corrected chi connectivity index (χ3v) is 8.24. The molecule has 5 heteroatoms. The van der Waals surface area contributed by atoms with E-state index in [4.69, 9.17) is 4.74 Å². The van der Waals surface area contributed by atoms with Gasteiger partial charge < -0.3 is 14.5 Å². The van der Waals surface area contributed by atoms with E-state index in [-0.39, 0.29) is 11.6 Å². The van der Waals surface area contributed by atoms with E-state index in [9.17, 15) is 4.79 Å². The molecule has 37 heavy (non-hydrogen) atoms. The number of likely N-dealkylation sites (tertiary alicyclic amines) is 2. The van der Waals surface area contributed by atoms with Gasteiger partial charge >= 0.3 is 6.09 Å². The number of carbonyl (C=O) groups is 1. The summed E-state index contributed by atoms with van der Waals surface area (Å²) in [6.07, 6.45) is 4.03. The number of para-hydroxylation sites is 1. The summed E-state index contributed by atoms with van der Waals surface area (Å²) in [6, 6.07) is 30.1. The minimum absolute atomic E-state index is 0.128. The lowest BCUT2D eigenvalue weighted by Gasteiger charge is -2.50. The molecule has 0 N–H and O–H groups in total. The van der Waals surface area contributed by atoms with Crippen molar-refractivity contribution in [3.8, 4) is 0 Å². The van der Waals surface area contributed by atoms with Crippen molar-refractivity contribution in [2.75, 3.05) is 31.1 Å². The molecule has 0 unspecified atom stereocenters. The minimum atomic E-state index is -0.193. The zero-order chi connectivity index (χ0) is 25.7. The topological polar surface area (TPSA) is 36.0 Å². The van der Waals surface area contributed by atoms with Crippen LogP contribution in [-0.2, 0) is 11.3 Å². The summed E-state index contributed by atoms with van der Waals surface area (Å²) in [7, 11) is 0. The van der Waals surface area contributed by atoms with Crippen LogP contribution in [0.25, 0.3) is 0 Å². The molecule has 5 rings (SSSR count). The molecule has 2 aliphatic rings. The number of benzene rings is 3. The minimum Gasteiger partial charge on any atom is -0.445 e. The van der Waals surface area contributed by atoms with Crippen LogP contribution in [-0.4, -0.2) is 53.7 Å². The van der Waals surface area contributed by atoms with Crippen LogP contribution < -0.4 is 4.90 Å². The fraction of sp³-hybridized carbons (Fsp3) is 0.406. The van der Waals surface area contributed by atoms with Crippen LogP contribution >= 0.6 is 0 Å². The lowest BCUT2D eigenvalue weighted by molar-refractivity contribution is 0.0135. The van der Waals surface area contributed by atoms with E-state index in [2.05, 4.69) is 78.2 Å². The molecule has 0 radical (unpaired) electrons. The molecular weight excluding hydrogens is 458 g/mol. The van der Waals surface area contributed by atoms with Gasteiger partial charge in [-0.05, 0) is 69.4 Å². The molecule has 0 aromatic heterocycles. The summed E-state index contributed by atoms with van der Waals surface area (Å²) in [5.74, 6) is 0. The van der Waals surface area contributed by atoms with Crippen LogP contribution in [0.15, 0.2) is 84.9 Å². The Morgan fingerprint density at radius 2 is 1.41 bits per heavy atom. The van der Waals surface area contributed by atoms with Crippen molar-refractivity contribution in [2.24, 2.45) is 0 Å². The Kier molecular flexibility index (Phi) is 7.80. The van der Waals surface area contributed by atoms with Gasteiger partial charge in [-0.15, -0.1) is 0 Å². The highest BCUT2D eigenvalue weighted by Crippen LogP contribution is 2.36. The maximum absolute atomic E-state index is 12.7. The van der Waals surface area contributed by atoms with E-state index in [1.807, 2.05) is 35.2 Å². The van der Waals surface area contributed by atoms with Crippen molar-refractivity contribution in [1.82, 2.24) is 9.80 Å². The van der Waals surface area contributed by atoms with Gasteiger partial charge in [0.1, 0.15) is 6.61 Å². The number of piperidine rings is 2. The van der Waals surface area contributed by atoms with Gasteiger partial charge in [-0.2, -0.15) is 0 Å². The Morgan fingerprint density at radius 1 is 0.838 bits per heavy atom. The smallest absolute Gasteiger partial charge is 0.410 e. The molecule has 3 aromatic rings. The predicted molar refractivity (Wildman–Crippen MR) is 150 cm³/mol. The number of hydrogen-bond acceptors (Lipinski definition) is 4. The highest BCUT2D eigenvalue weighted by molar-refractivity contribution is 5.68. The van der Waals surface area contributed by atoms with E-state index < -0.39 is 0 Å². The molecule has 0 bridgehead atoms. The number of ether oxygens (including phenoxy) is 1. The standard InChI is InChI=1S/C32H39N3O2/c1-26-13-15-29(16-14-26)35(28-11-7-4-8-12-28)30-17-21-34(22-18-30)32(2)19-23-33(24-20-32)31(36)37-25-27-9-5-3-6-10-27/h3-16,30H,17-25H2,1-2H3. The zero-order valence-electron chi connectivity index (χ0n) is 22.2. The quantitative estimate of drug-likeness (QED) is 0.376. The maximum Gasteiger partial charge on any atom is 0.410 e. The van der Waals surface area contributed by atoms with Crippen molar-refractivity contribution in [3.63, 3.8) is 0 Å². The predicted octanol–water partition coefficient (Wildman–Crippen LogP) is 6.79. The van der Waals surface area contributed by atoms with Crippen LogP contribution in [0.4, 0.5) is 16.2 Å². The molecule has 2 heterocycles. The fourth-order valence-electron chi connectivity index (χ4n) is 5.83. The molecule has 1 amide bonds. The average molecular weight is 498 g/mol. The van der Waals surface area contributed by atoms with Gasteiger partial charge in [0, 0.05) is 49.1 Å². The van der Waals surface area contributed by atoms with Gasteiger partial charge in [0.25, 0.3) is 0 Å². The Bertz CT molecular complexity index is 1130. The number of carbonyl (C=O) groups excluding carboxylic acids is 1. The first-order valence-corrected chi connectivity index (χ1v) is 13.6. The Balaban J connectivity index is 1.17. The molecular formula is C32H39N3O2. The summed E-state index contributed by atoms with van der Waals surface area (Å²) in [4.78, 5) is 19.7. The highest BCUT2D eigenvalue weighted by Gasteiger charge is 2.39. The normalized spacial score (nSPS) is 18.4. The first-order valence-electron chi connectivity index (χ1n) is 13.6. The molecule has 0 spiro atoms. The van der Waals surface area contributed by atoms with Crippen LogP contribution in [0.1, 0.15) is 43.7 Å². The number of rotatable bonds is 6. The lowest BCUT2D eigenvalue weighted by Crippen LogP contribution is -2.57. The van der Waals surface area contributed by atoms with Crippen LogP contribution in [0, 0.1) is 6.92 Å². The number of anilines is 2. The second-order valence-corrected chi connectivity index (χ2v) is 10.8. The van der Waals surface area contributed by atoms with Crippen LogP contribution in [0.5, 0.6) is 0 Å². The van der Waals surface area contributed by atoms with Crippen molar-refractivity contribution in [2.45, 2.75) is 57.7 Å². The Morgan fingerprint density at radius 3 is 2.03 bits per heavy atom. The second kappa shape index (κ2) is 11.4. The average Bonchev–Trinajstić information content (AvgIpc) is 2.95. The van der Waals surface area contributed by atoms with Crippen LogP contribution in [0.3, 0.4) is 0 Å². The largest absolute Gasteiger partial charge is 0.445 e. The van der Waals surface area contributed by atoms with Gasteiger partial charge in [-0.1, -0.05) is 66.2 Å². The number of nitrogens with zero attached hydrogens (tertiary/aromatic N) is 3. The maximum atomic E-state index is 12.7. The third kappa shape index (κ3) is 5.99. The number of hydrogen-bond donors (Lipinski definition) is 0. The summed E-state index contributed by atoms with van der Waals surface area (Å²) in [5.41, 5.74) is 4.97. The number of aryl methyl sites for hydroxylation is 1. The lowest BCUT2D eigenvalue weighted by atomic mass is 9.85. The van der Waals surface area contributed by atoms with Gasteiger partial charge in [0.2, 0.25) is 0 Å². The summed E-state index contributed by atoms with van der Waals surface area (Å²) in [5, 5.41) is 0. The summed E-state index contributed by atoms with van der Waals surface area (Å²) in [6.45, 7) is 8.52. The molecule has 3 aromatic carbocycles. The van der Waals surface area contributed by atoms with Gasteiger partial charge in [-0.25, -0.2) is 4.79 Å². The molecule has 5 nitrogen and oxygen atoms in total. The van der Waals surface area contributed by atoms with E-state index in [0.717, 1.165) is 57.4 Å². The van der Waals surface area contributed by atoms with Gasteiger partial charge in [0.15, 0.2) is 0 Å². The Hall–Kier alpha value is -3.31. The van der Waals surface area contributed by atoms with E-state index in [1.54, 1.807) is 0 Å². The highest BCUT2D eigenvalue weighted by atomic mass is 16.6. The van der Waals surface area contributed by atoms with E-state index in [0.29, 0.717) is 12.6 Å². The third-order valence-electron chi connectivity index (χ3n) is 8.24. The first kappa shape index (κ1) is 25.3. The molecule has 2 aliphatic heterocycles. The first-order chi connectivity index (χ1) is 18.0. The zero-order valence-corrected chi connectivity index (χ0v) is 22.2. The number of amides is 1. The van der Waals surface area contributed by atoms with Crippen molar-refractivity contribution in [3.05, 3.63) is 96.1 Å². The molecule has 0 aliphatic carbocycles.